The van der Waals surface area contributed by atoms with Gasteiger partial charge < -0.3 is 14.2 Å². The van der Waals surface area contributed by atoms with Crippen LogP contribution in [0.1, 0.15) is 15.9 Å². The highest BCUT2D eigenvalue weighted by atomic mass is 32.2. The van der Waals surface area contributed by atoms with Crippen LogP contribution in [0, 0.1) is 5.82 Å². The highest BCUT2D eigenvalue weighted by molar-refractivity contribution is 7.92. The van der Waals surface area contributed by atoms with Crippen LogP contribution in [0.15, 0.2) is 76.7 Å². The number of methoxy groups -OCH3 is 3. The van der Waals surface area contributed by atoms with Crippen molar-refractivity contribution in [2.45, 2.75) is 4.90 Å². The molecule has 0 aliphatic rings. The minimum absolute atomic E-state index is 0.0636. The fourth-order valence-electron chi connectivity index (χ4n) is 3.19. The number of esters is 1. The molecular formula is C25H24FN3O7S. The highest BCUT2D eigenvalue weighted by Gasteiger charge is 2.28. The molecule has 0 radical (unpaired) electrons. The molecule has 0 aliphatic heterocycles. The number of anilines is 1. The number of hydrazone groups is 1. The minimum atomic E-state index is -4.29. The summed E-state index contributed by atoms with van der Waals surface area (Å²) in [5.41, 5.74) is 3.25. The maximum Gasteiger partial charge on any atom is 0.337 e. The number of hydrogen-bond donors (Lipinski definition) is 1. The third kappa shape index (κ3) is 6.61. The standard InChI is InChI=1S/C25H24FN3O7S/c1-34-22-13-12-21(14-23(22)35-2)37(32,33)29(20-10-8-19(26)9-11-20)16-24(30)28-27-15-17-4-6-18(7-5-17)25(31)36-3/h4-15H,16H2,1-3H3,(H,28,30)/b27-15-. The summed E-state index contributed by atoms with van der Waals surface area (Å²) in [6, 6.07) is 14.9. The Hall–Kier alpha value is -4.45. The average Bonchev–Trinajstić information content (AvgIpc) is 2.91. The molecule has 12 heteroatoms. The van der Waals surface area contributed by atoms with Crippen molar-refractivity contribution in [3.8, 4) is 11.5 Å². The first-order valence-corrected chi connectivity index (χ1v) is 12.1. The van der Waals surface area contributed by atoms with Gasteiger partial charge in [0.25, 0.3) is 15.9 Å². The van der Waals surface area contributed by atoms with Gasteiger partial charge in [-0.2, -0.15) is 5.10 Å². The third-order valence-corrected chi connectivity index (χ3v) is 6.85. The van der Waals surface area contributed by atoms with Crippen molar-refractivity contribution in [1.29, 1.82) is 0 Å². The first-order chi connectivity index (χ1) is 17.7. The number of amides is 1. The molecule has 37 heavy (non-hydrogen) atoms. The second-order valence-corrected chi connectivity index (χ2v) is 9.27. The summed E-state index contributed by atoms with van der Waals surface area (Å²) in [4.78, 5) is 24.0. The van der Waals surface area contributed by atoms with Crippen LogP contribution in [0.4, 0.5) is 10.1 Å². The summed E-state index contributed by atoms with van der Waals surface area (Å²) in [6.45, 7) is -0.652. The summed E-state index contributed by atoms with van der Waals surface area (Å²) in [5, 5.41) is 3.84. The van der Waals surface area contributed by atoms with E-state index in [2.05, 4.69) is 15.3 Å². The largest absolute Gasteiger partial charge is 0.493 e. The summed E-state index contributed by atoms with van der Waals surface area (Å²) < 4.78 is 56.3. The predicted molar refractivity (Wildman–Crippen MR) is 134 cm³/mol. The molecule has 0 saturated heterocycles. The van der Waals surface area contributed by atoms with E-state index in [0.29, 0.717) is 16.9 Å². The molecule has 3 aromatic carbocycles. The van der Waals surface area contributed by atoms with Gasteiger partial charge in [-0.3, -0.25) is 9.10 Å². The third-order valence-electron chi connectivity index (χ3n) is 5.08. The number of ether oxygens (including phenoxy) is 3. The SMILES string of the molecule is COC(=O)c1ccc(/C=N\NC(=O)CN(c2ccc(F)cc2)S(=O)(=O)c2ccc(OC)c(OC)c2)cc1. The Kier molecular flexibility index (Phi) is 8.80. The van der Waals surface area contributed by atoms with Gasteiger partial charge in [0.15, 0.2) is 11.5 Å². The van der Waals surface area contributed by atoms with E-state index in [1.165, 1.54) is 70.0 Å². The molecule has 0 aromatic heterocycles. The Morgan fingerprint density at radius 3 is 2.19 bits per heavy atom. The van der Waals surface area contributed by atoms with Crippen molar-refractivity contribution in [3.63, 3.8) is 0 Å². The number of carbonyl (C=O) groups is 2. The van der Waals surface area contributed by atoms with Crippen molar-refractivity contribution in [2.24, 2.45) is 5.10 Å². The van der Waals surface area contributed by atoms with Gasteiger partial charge >= 0.3 is 5.97 Å². The van der Waals surface area contributed by atoms with Crippen LogP contribution in [0.3, 0.4) is 0 Å². The van der Waals surface area contributed by atoms with Crippen molar-refractivity contribution >= 4 is 33.8 Å². The number of nitrogens with one attached hydrogen (secondary N) is 1. The fraction of sp³-hybridized carbons (Fsp3) is 0.160. The Morgan fingerprint density at radius 1 is 0.946 bits per heavy atom. The van der Waals surface area contributed by atoms with E-state index in [9.17, 15) is 22.4 Å². The van der Waals surface area contributed by atoms with Crippen molar-refractivity contribution in [1.82, 2.24) is 5.43 Å². The van der Waals surface area contributed by atoms with Gasteiger partial charge in [0, 0.05) is 6.07 Å². The van der Waals surface area contributed by atoms with Crippen molar-refractivity contribution in [2.75, 3.05) is 32.2 Å². The summed E-state index contributed by atoms with van der Waals surface area (Å²) in [7, 11) is -0.248. The second kappa shape index (κ2) is 12.0. The van der Waals surface area contributed by atoms with Crippen LogP contribution in [0.2, 0.25) is 0 Å². The maximum absolute atomic E-state index is 13.5. The zero-order valence-corrected chi connectivity index (χ0v) is 21.0. The van der Waals surface area contributed by atoms with Crippen molar-refractivity contribution in [3.05, 3.63) is 83.7 Å². The van der Waals surface area contributed by atoms with Gasteiger partial charge in [0.2, 0.25) is 0 Å². The molecule has 0 saturated carbocycles. The van der Waals surface area contributed by atoms with E-state index < -0.39 is 34.3 Å². The van der Waals surface area contributed by atoms with Crippen LogP contribution < -0.4 is 19.2 Å². The molecule has 1 amide bonds. The van der Waals surface area contributed by atoms with Gasteiger partial charge in [0.05, 0.1) is 43.7 Å². The Balaban J connectivity index is 1.83. The van der Waals surface area contributed by atoms with E-state index in [-0.39, 0.29) is 16.3 Å². The number of benzene rings is 3. The number of rotatable bonds is 10. The molecule has 1 N–H and O–H groups in total. The smallest absolute Gasteiger partial charge is 0.337 e. The van der Waals surface area contributed by atoms with E-state index >= 15 is 0 Å². The molecule has 0 unspecified atom stereocenters. The van der Waals surface area contributed by atoms with Gasteiger partial charge in [0.1, 0.15) is 12.4 Å². The molecule has 0 bridgehead atoms. The maximum atomic E-state index is 13.5. The summed E-state index contributed by atoms with van der Waals surface area (Å²) in [6.07, 6.45) is 1.32. The van der Waals surface area contributed by atoms with Crippen LogP contribution in [0.5, 0.6) is 11.5 Å². The number of hydrogen-bond acceptors (Lipinski definition) is 8. The topological polar surface area (TPSA) is 124 Å². The Labute approximate surface area is 213 Å². The zero-order chi connectivity index (χ0) is 27.0. The highest BCUT2D eigenvalue weighted by Crippen LogP contribution is 2.32. The second-order valence-electron chi connectivity index (χ2n) is 7.41. The molecule has 0 fully saturated rings. The number of nitrogens with zero attached hydrogens (tertiary/aromatic N) is 2. The number of halogens is 1. The summed E-state index contributed by atoms with van der Waals surface area (Å²) >= 11 is 0. The van der Waals surface area contributed by atoms with Crippen LogP contribution in [-0.2, 0) is 19.6 Å². The molecule has 0 atom stereocenters. The molecular weight excluding hydrogens is 505 g/mol. The average molecular weight is 530 g/mol. The van der Waals surface area contributed by atoms with Crippen molar-refractivity contribution < 1.29 is 36.6 Å². The number of carbonyl (C=O) groups excluding carboxylic acids is 2. The van der Waals surface area contributed by atoms with Crippen LogP contribution >= 0.6 is 0 Å². The fourth-order valence-corrected chi connectivity index (χ4v) is 4.63. The van der Waals surface area contributed by atoms with E-state index in [0.717, 1.165) is 16.4 Å². The lowest BCUT2D eigenvalue weighted by molar-refractivity contribution is -0.119. The zero-order valence-electron chi connectivity index (χ0n) is 20.2. The van der Waals surface area contributed by atoms with Gasteiger partial charge in [-0.1, -0.05) is 12.1 Å². The lowest BCUT2D eigenvalue weighted by Crippen LogP contribution is -2.39. The first-order valence-electron chi connectivity index (χ1n) is 10.7. The van der Waals surface area contributed by atoms with Gasteiger partial charge in [-0.05, 0) is 54.1 Å². The normalized spacial score (nSPS) is 11.1. The molecule has 0 heterocycles. The quantitative estimate of drug-likeness (QED) is 0.243. The monoisotopic (exact) mass is 529 g/mol. The van der Waals surface area contributed by atoms with Gasteiger partial charge in [-0.15, -0.1) is 0 Å². The molecule has 194 valence electrons. The van der Waals surface area contributed by atoms with Crippen LogP contribution in [-0.4, -0.2) is 54.4 Å². The minimum Gasteiger partial charge on any atom is -0.493 e. The number of sulfonamides is 1. The Morgan fingerprint density at radius 2 is 1.59 bits per heavy atom. The first kappa shape index (κ1) is 27.1. The molecule has 0 aliphatic carbocycles. The lowest BCUT2D eigenvalue weighted by Gasteiger charge is -2.24. The summed E-state index contributed by atoms with van der Waals surface area (Å²) in [5.74, 6) is -1.32. The Bertz CT molecular complexity index is 1390. The molecule has 10 nitrogen and oxygen atoms in total. The van der Waals surface area contributed by atoms with E-state index in [1.54, 1.807) is 12.1 Å². The molecule has 0 spiro atoms. The predicted octanol–water partition coefficient (Wildman–Crippen LogP) is 2.98. The van der Waals surface area contributed by atoms with E-state index in [1.807, 2.05) is 0 Å². The molecule has 3 aromatic rings. The van der Waals surface area contributed by atoms with E-state index in [4.69, 9.17) is 9.47 Å². The lowest BCUT2D eigenvalue weighted by atomic mass is 10.1. The van der Waals surface area contributed by atoms with Crippen LogP contribution in [0.25, 0.3) is 0 Å². The molecule has 3 rings (SSSR count). The van der Waals surface area contributed by atoms with Gasteiger partial charge in [-0.25, -0.2) is 23.0 Å².